The SMILES string of the molecule is C[C@@H]1[C@@H](C)C[C@H](OB(O)[C@@H]2CCCN2)CCC1(C)C. The maximum atomic E-state index is 10.2. The van der Waals surface area contributed by atoms with Crippen LogP contribution in [-0.4, -0.2) is 30.7 Å². The minimum atomic E-state index is -0.629. The van der Waals surface area contributed by atoms with E-state index < -0.39 is 7.12 Å². The first-order chi connectivity index (χ1) is 8.90. The lowest BCUT2D eigenvalue weighted by atomic mass is 9.72. The molecule has 0 bridgehead atoms. The van der Waals surface area contributed by atoms with E-state index in [1.165, 1.54) is 6.42 Å². The van der Waals surface area contributed by atoms with Crippen LogP contribution in [0.2, 0.25) is 0 Å². The number of nitrogens with one attached hydrogen (secondary N) is 1. The van der Waals surface area contributed by atoms with E-state index in [-0.39, 0.29) is 12.0 Å². The topological polar surface area (TPSA) is 41.5 Å². The second kappa shape index (κ2) is 6.15. The van der Waals surface area contributed by atoms with E-state index in [1.807, 2.05) is 0 Å². The summed E-state index contributed by atoms with van der Waals surface area (Å²) in [5, 5.41) is 13.5. The maximum Gasteiger partial charge on any atom is 0.472 e. The molecule has 2 fully saturated rings. The van der Waals surface area contributed by atoms with E-state index in [0.29, 0.717) is 17.3 Å². The quantitative estimate of drug-likeness (QED) is 0.610. The Hall–Kier alpha value is -0.0551. The lowest BCUT2D eigenvalue weighted by Gasteiger charge is -2.33. The van der Waals surface area contributed by atoms with E-state index in [1.54, 1.807) is 0 Å². The Morgan fingerprint density at radius 2 is 2.00 bits per heavy atom. The van der Waals surface area contributed by atoms with Crippen LogP contribution >= 0.6 is 0 Å². The smallest absolute Gasteiger partial charge is 0.426 e. The fourth-order valence-corrected chi connectivity index (χ4v) is 3.64. The Morgan fingerprint density at radius 1 is 1.26 bits per heavy atom. The van der Waals surface area contributed by atoms with Gasteiger partial charge in [0.2, 0.25) is 0 Å². The van der Waals surface area contributed by atoms with Crippen molar-refractivity contribution >= 4 is 7.12 Å². The number of hydrogen-bond donors (Lipinski definition) is 2. The molecule has 1 saturated heterocycles. The van der Waals surface area contributed by atoms with Gasteiger partial charge in [0.15, 0.2) is 0 Å². The highest BCUT2D eigenvalue weighted by Gasteiger charge is 2.38. The van der Waals surface area contributed by atoms with Crippen molar-refractivity contribution in [1.29, 1.82) is 0 Å². The van der Waals surface area contributed by atoms with Crippen molar-refractivity contribution in [3.63, 3.8) is 0 Å². The molecule has 2 aliphatic rings. The maximum absolute atomic E-state index is 10.2. The van der Waals surface area contributed by atoms with Crippen LogP contribution in [0, 0.1) is 17.3 Å². The molecule has 4 heteroatoms. The molecule has 0 aromatic heterocycles. The number of hydrogen-bond acceptors (Lipinski definition) is 3. The first-order valence-corrected chi connectivity index (χ1v) is 7.97. The molecule has 0 aromatic carbocycles. The summed E-state index contributed by atoms with van der Waals surface area (Å²) in [6.07, 6.45) is 5.74. The molecule has 1 aliphatic heterocycles. The average molecular weight is 267 g/mol. The van der Waals surface area contributed by atoms with Crippen LogP contribution in [-0.2, 0) is 4.65 Å². The van der Waals surface area contributed by atoms with Gasteiger partial charge in [0.25, 0.3) is 0 Å². The van der Waals surface area contributed by atoms with E-state index >= 15 is 0 Å². The molecule has 1 saturated carbocycles. The summed E-state index contributed by atoms with van der Waals surface area (Å²) < 4.78 is 5.96. The predicted octanol–water partition coefficient (Wildman–Crippen LogP) is 2.63. The Labute approximate surface area is 118 Å². The van der Waals surface area contributed by atoms with Gasteiger partial charge in [-0.25, -0.2) is 0 Å². The van der Waals surface area contributed by atoms with Crippen molar-refractivity contribution in [2.75, 3.05) is 6.54 Å². The van der Waals surface area contributed by atoms with Gasteiger partial charge < -0.3 is 15.0 Å². The fourth-order valence-electron chi connectivity index (χ4n) is 3.64. The third kappa shape index (κ3) is 3.74. The molecular formula is C15H30BNO2. The van der Waals surface area contributed by atoms with Crippen molar-refractivity contribution in [3.8, 4) is 0 Å². The fraction of sp³-hybridized carbons (Fsp3) is 1.00. The molecule has 0 aromatic rings. The van der Waals surface area contributed by atoms with Crippen molar-refractivity contribution < 1.29 is 9.68 Å². The van der Waals surface area contributed by atoms with Crippen LogP contribution in [0.25, 0.3) is 0 Å². The van der Waals surface area contributed by atoms with Crippen LogP contribution < -0.4 is 5.32 Å². The standard InChI is InChI=1S/C15H30BNO2/c1-11-10-13(7-8-15(3,4)12(11)2)19-16(18)14-6-5-9-17-14/h11-14,17-18H,5-10H2,1-4H3/t11-,12+,13+,14-/m0/s1. The first-order valence-electron chi connectivity index (χ1n) is 7.97. The number of rotatable bonds is 3. The summed E-state index contributed by atoms with van der Waals surface area (Å²) in [6, 6.07) is 0. The molecule has 1 aliphatic carbocycles. The molecule has 4 atom stereocenters. The van der Waals surface area contributed by atoms with Gasteiger partial charge in [-0.1, -0.05) is 27.7 Å². The highest BCUT2D eigenvalue weighted by Crippen LogP contribution is 2.42. The first kappa shape index (κ1) is 15.3. The Balaban J connectivity index is 1.90. The monoisotopic (exact) mass is 267 g/mol. The van der Waals surface area contributed by atoms with Gasteiger partial charge >= 0.3 is 7.12 Å². The molecular weight excluding hydrogens is 237 g/mol. The zero-order valence-electron chi connectivity index (χ0n) is 13.0. The van der Waals surface area contributed by atoms with E-state index in [0.717, 1.165) is 32.2 Å². The Bertz CT molecular complexity index is 292. The lowest BCUT2D eigenvalue weighted by molar-refractivity contribution is 0.128. The second-order valence-corrected chi connectivity index (χ2v) is 7.38. The van der Waals surface area contributed by atoms with E-state index in [4.69, 9.17) is 4.65 Å². The summed E-state index contributed by atoms with van der Waals surface area (Å²) in [4.78, 5) is 0. The van der Waals surface area contributed by atoms with Gasteiger partial charge in [0.1, 0.15) is 0 Å². The molecule has 2 rings (SSSR count). The minimum Gasteiger partial charge on any atom is -0.426 e. The van der Waals surface area contributed by atoms with Crippen molar-refractivity contribution in [1.82, 2.24) is 5.32 Å². The van der Waals surface area contributed by atoms with Crippen LogP contribution in [0.4, 0.5) is 0 Å². The van der Waals surface area contributed by atoms with Crippen molar-refractivity contribution in [2.45, 2.75) is 71.8 Å². The summed E-state index contributed by atoms with van der Waals surface area (Å²) in [5.41, 5.74) is 0.383. The molecule has 19 heavy (non-hydrogen) atoms. The van der Waals surface area contributed by atoms with Gasteiger partial charge in [-0.2, -0.15) is 0 Å². The summed E-state index contributed by atoms with van der Waals surface area (Å²) in [5.74, 6) is 1.51. The summed E-state index contributed by atoms with van der Waals surface area (Å²) >= 11 is 0. The average Bonchev–Trinajstić information content (AvgIpc) is 2.85. The van der Waals surface area contributed by atoms with Gasteiger partial charge in [-0.3, -0.25) is 0 Å². The molecule has 1 heterocycles. The van der Waals surface area contributed by atoms with Crippen molar-refractivity contribution in [2.24, 2.45) is 17.3 Å². The largest absolute Gasteiger partial charge is 0.472 e. The molecule has 0 unspecified atom stereocenters. The molecule has 3 nitrogen and oxygen atoms in total. The second-order valence-electron chi connectivity index (χ2n) is 7.38. The summed E-state index contributed by atoms with van der Waals surface area (Å²) in [6.45, 7) is 10.4. The zero-order valence-corrected chi connectivity index (χ0v) is 13.0. The molecule has 2 N–H and O–H groups in total. The molecule has 110 valence electrons. The van der Waals surface area contributed by atoms with Crippen LogP contribution in [0.15, 0.2) is 0 Å². The Morgan fingerprint density at radius 3 is 2.63 bits per heavy atom. The molecule has 0 amide bonds. The lowest BCUT2D eigenvalue weighted by Crippen LogP contribution is -2.43. The highest BCUT2D eigenvalue weighted by molar-refractivity contribution is 6.45. The summed E-state index contributed by atoms with van der Waals surface area (Å²) in [7, 11) is -0.629. The molecule has 0 radical (unpaired) electrons. The highest BCUT2D eigenvalue weighted by atomic mass is 16.5. The van der Waals surface area contributed by atoms with Crippen LogP contribution in [0.3, 0.4) is 0 Å². The van der Waals surface area contributed by atoms with Gasteiger partial charge in [-0.05, 0) is 55.9 Å². The zero-order chi connectivity index (χ0) is 14.0. The predicted molar refractivity (Wildman–Crippen MR) is 79.8 cm³/mol. The van der Waals surface area contributed by atoms with Gasteiger partial charge in [0, 0.05) is 12.0 Å². The van der Waals surface area contributed by atoms with E-state index in [9.17, 15) is 5.02 Å². The normalized spacial score (nSPS) is 39.0. The van der Waals surface area contributed by atoms with Crippen LogP contribution in [0.1, 0.15) is 59.8 Å². The van der Waals surface area contributed by atoms with Crippen molar-refractivity contribution in [3.05, 3.63) is 0 Å². The minimum absolute atomic E-state index is 0.143. The third-order valence-electron chi connectivity index (χ3n) is 5.61. The van der Waals surface area contributed by atoms with Gasteiger partial charge in [0.05, 0.1) is 0 Å². The van der Waals surface area contributed by atoms with Crippen LogP contribution in [0.5, 0.6) is 0 Å². The van der Waals surface area contributed by atoms with Gasteiger partial charge in [-0.15, -0.1) is 0 Å². The third-order valence-corrected chi connectivity index (χ3v) is 5.61. The van der Waals surface area contributed by atoms with E-state index in [2.05, 4.69) is 33.0 Å². The molecule has 0 spiro atoms. The Kier molecular flexibility index (Phi) is 4.96.